The molecule has 2 rings (SSSR count). The monoisotopic (exact) mass is 177 g/mol. The molecule has 0 amide bonds. The van der Waals surface area contributed by atoms with Crippen LogP contribution < -0.4 is 5.73 Å². The molecular weight excluding hydrogens is 162 g/mol. The summed E-state index contributed by atoms with van der Waals surface area (Å²) in [4.78, 5) is 6.63. The lowest BCUT2D eigenvalue weighted by atomic mass is 10.1. The van der Waals surface area contributed by atoms with E-state index in [1.165, 1.54) is 5.69 Å². The fraction of sp³-hybridized carbons (Fsp3) is 0.500. The lowest BCUT2D eigenvalue weighted by molar-refractivity contribution is 0.152. The van der Waals surface area contributed by atoms with Crippen LogP contribution in [0, 0.1) is 0 Å². The van der Waals surface area contributed by atoms with Gasteiger partial charge in [-0.1, -0.05) is 6.07 Å². The first-order valence-corrected chi connectivity index (χ1v) is 4.72. The Morgan fingerprint density at radius 2 is 2.31 bits per heavy atom. The molecule has 1 aliphatic rings. The van der Waals surface area contributed by atoms with Crippen molar-refractivity contribution in [2.45, 2.75) is 12.5 Å². The molecule has 0 saturated carbocycles. The molecule has 0 aromatic carbocycles. The molecule has 0 radical (unpaired) electrons. The Labute approximate surface area is 78.6 Å². The van der Waals surface area contributed by atoms with E-state index in [-0.39, 0.29) is 0 Å². The predicted octanol–water partition coefficient (Wildman–Crippen LogP) is 0.267. The van der Waals surface area contributed by atoms with E-state index in [2.05, 4.69) is 16.0 Å². The average Bonchev–Trinajstić information content (AvgIpc) is 2.12. The van der Waals surface area contributed by atoms with E-state index in [4.69, 9.17) is 5.73 Å². The molecule has 1 aromatic rings. The van der Waals surface area contributed by atoms with Gasteiger partial charge in [0, 0.05) is 44.0 Å². The molecule has 0 aliphatic carbocycles. The van der Waals surface area contributed by atoms with Crippen LogP contribution in [-0.2, 0) is 6.42 Å². The van der Waals surface area contributed by atoms with Crippen LogP contribution in [0.2, 0.25) is 0 Å². The van der Waals surface area contributed by atoms with Crippen LogP contribution in [0.3, 0.4) is 0 Å². The fourth-order valence-corrected chi connectivity index (χ4v) is 1.61. The molecule has 1 aromatic heterocycles. The largest absolute Gasteiger partial charge is 0.325 e. The number of rotatable bonds is 3. The van der Waals surface area contributed by atoms with Gasteiger partial charge in [0.05, 0.1) is 0 Å². The van der Waals surface area contributed by atoms with E-state index in [0.717, 1.165) is 26.1 Å². The van der Waals surface area contributed by atoms with Crippen LogP contribution in [0.5, 0.6) is 0 Å². The van der Waals surface area contributed by atoms with E-state index in [1.807, 2.05) is 18.3 Å². The van der Waals surface area contributed by atoms with Crippen LogP contribution in [0.1, 0.15) is 5.69 Å². The molecule has 70 valence electrons. The number of nitrogens with zero attached hydrogens (tertiary/aromatic N) is 2. The van der Waals surface area contributed by atoms with Gasteiger partial charge in [-0.3, -0.25) is 9.88 Å². The van der Waals surface area contributed by atoms with Crippen molar-refractivity contribution in [3.8, 4) is 0 Å². The van der Waals surface area contributed by atoms with Crippen molar-refractivity contribution in [3.05, 3.63) is 30.1 Å². The molecule has 1 fully saturated rings. The third kappa shape index (κ3) is 2.26. The number of likely N-dealkylation sites (tertiary alicyclic amines) is 1. The van der Waals surface area contributed by atoms with Gasteiger partial charge in [-0.25, -0.2) is 0 Å². The summed E-state index contributed by atoms with van der Waals surface area (Å²) in [5.74, 6) is 0. The smallest absolute Gasteiger partial charge is 0.0416 e. The summed E-state index contributed by atoms with van der Waals surface area (Å²) in [5, 5.41) is 0. The summed E-state index contributed by atoms with van der Waals surface area (Å²) >= 11 is 0. The maximum Gasteiger partial charge on any atom is 0.0416 e. The summed E-state index contributed by atoms with van der Waals surface area (Å²) < 4.78 is 0. The molecule has 0 spiro atoms. The van der Waals surface area contributed by atoms with Gasteiger partial charge in [0.15, 0.2) is 0 Å². The van der Waals surface area contributed by atoms with E-state index in [0.29, 0.717) is 6.04 Å². The van der Waals surface area contributed by atoms with E-state index >= 15 is 0 Å². The van der Waals surface area contributed by atoms with Crippen LogP contribution in [-0.4, -0.2) is 35.6 Å². The Balaban J connectivity index is 1.74. The van der Waals surface area contributed by atoms with Gasteiger partial charge in [0.2, 0.25) is 0 Å². The molecule has 13 heavy (non-hydrogen) atoms. The first-order valence-electron chi connectivity index (χ1n) is 4.72. The van der Waals surface area contributed by atoms with Crippen molar-refractivity contribution in [2.75, 3.05) is 19.6 Å². The van der Waals surface area contributed by atoms with Gasteiger partial charge in [0.25, 0.3) is 0 Å². The molecule has 3 nitrogen and oxygen atoms in total. The topological polar surface area (TPSA) is 42.1 Å². The molecule has 3 heteroatoms. The Morgan fingerprint density at radius 1 is 1.46 bits per heavy atom. The Morgan fingerprint density at radius 3 is 2.92 bits per heavy atom. The zero-order valence-corrected chi connectivity index (χ0v) is 7.69. The quantitative estimate of drug-likeness (QED) is 0.720. The molecule has 1 saturated heterocycles. The first kappa shape index (κ1) is 8.66. The Kier molecular flexibility index (Phi) is 2.57. The van der Waals surface area contributed by atoms with Gasteiger partial charge < -0.3 is 5.73 Å². The molecule has 1 aliphatic heterocycles. The van der Waals surface area contributed by atoms with E-state index in [9.17, 15) is 0 Å². The maximum atomic E-state index is 5.68. The second-order valence-electron chi connectivity index (χ2n) is 3.59. The van der Waals surface area contributed by atoms with Crippen molar-refractivity contribution in [1.29, 1.82) is 0 Å². The molecular formula is C10H15N3. The fourth-order valence-electron chi connectivity index (χ4n) is 1.61. The number of nitrogens with two attached hydrogens (primary N) is 1. The van der Waals surface area contributed by atoms with Crippen molar-refractivity contribution < 1.29 is 0 Å². The Bertz CT molecular complexity index is 254. The van der Waals surface area contributed by atoms with Gasteiger partial charge in [-0.15, -0.1) is 0 Å². The second kappa shape index (κ2) is 3.85. The first-order chi connectivity index (χ1) is 6.34. The van der Waals surface area contributed by atoms with Crippen LogP contribution in [0.4, 0.5) is 0 Å². The second-order valence-corrected chi connectivity index (χ2v) is 3.59. The SMILES string of the molecule is NC1CN(CCc2ccccn2)C1. The van der Waals surface area contributed by atoms with Crippen LogP contribution in [0.25, 0.3) is 0 Å². The standard InChI is InChI=1S/C10H15N3/c11-9-7-13(8-9)6-4-10-3-1-2-5-12-10/h1-3,5,9H,4,6-8,11H2. The van der Waals surface area contributed by atoms with Crippen molar-refractivity contribution in [1.82, 2.24) is 9.88 Å². The highest BCUT2D eigenvalue weighted by molar-refractivity contribution is 5.04. The zero-order valence-electron chi connectivity index (χ0n) is 7.69. The summed E-state index contributed by atoms with van der Waals surface area (Å²) in [5.41, 5.74) is 6.85. The highest BCUT2D eigenvalue weighted by Gasteiger charge is 2.21. The molecule has 0 unspecified atom stereocenters. The summed E-state index contributed by atoms with van der Waals surface area (Å²) in [6.07, 6.45) is 2.88. The minimum Gasteiger partial charge on any atom is -0.325 e. The van der Waals surface area contributed by atoms with Crippen LogP contribution >= 0.6 is 0 Å². The lowest BCUT2D eigenvalue weighted by Crippen LogP contribution is -2.55. The van der Waals surface area contributed by atoms with Gasteiger partial charge in [-0.2, -0.15) is 0 Å². The van der Waals surface area contributed by atoms with Crippen LogP contribution in [0.15, 0.2) is 24.4 Å². The summed E-state index contributed by atoms with van der Waals surface area (Å²) in [7, 11) is 0. The maximum absolute atomic E-state index is 5.68. The predicted molar refractivity (Wildman–Crippen MR) is 52.4 cm³/mol. The third-order valence-electron chi connectivity index (χ3n) is 2.40. The number of aromatic nitrogens is 1. The minimum absolute atomic E-state index is 0.406. The third-order valence-corrected chi connectivity index (χ3v) is 2.40. The lowest BCUT2D eigenvalue weighted by Gasteiger charge is -2.36. The van der Waals surface area contributed by atoms with Crippen molar-refractivity contribution in [2.24, 2.45) is 5.73 Å². The highest BCUT2D eigenvalue weighted by atomic mass is 15.2. The van der Waals surface area contributed by atoms with E-state index < -0.39 is 0 Å². The zero-order chi connectivity index (χ0) is 9.10. The van der Waals surface area contributed by atoms with Gasteiger partial charge in [-0.05, 0) is 12.1 Å². The average molecular weight is 177 g/mol. The van der Waals surface area contributed by atoms with Gasteiger partial charge >= 0.3 is 0 Å². The van der Waals surface area contributed by atoms with Gasteiger partial charge in [0.1, 0.15) is 0 Å². The van der Waals surface area contributed by atoms with E-state index in [1.54, 1.807) is 0 Å². The molecule has 2 N–H and O–H groups in total. The van der Waals surface area contributed by atoms with Crippen molar-refractivity contribution in [3.63, 3.8) is 0 Å². The normalized spacial score (nSPS) is 18.5. The molecule has 0 atom stereocenters. The highest BCUT2D eigenvalue weighted by Crippen LogP contribution is 2.06. The Hall–Kier alpha value is -0.930. The molecule has 0 bridgehead atoms. The number of hydrogen-bond donors (Lipinski definition) is 1. The minimum atomic E-state index is 0.406. The summed E-state index contributed by atoms with van der Waals surface area (Å²) in [6, 6.07) is 6.45. The van der Waals surface area contributed by atoms with Crippen molar-refractivity contribution >= 4 is 0 Å². The number of hydrogen-bond acceptors (Lipinski definition) is 3. The molecule has 2 heterocycles. The summed E-state index contributed by atoms with van der Waals surface area (Å²) in [6.45, 7) is 3.18. The number of pyridine rings is 1.